The number of carbonyl (C=O) groups excluding carboxylic acids is 4. The lowest BCUT2D eigenvalue weighted by molar-refractivity contribution is -0.142. The SMILES string of the molecule is CC(C)[C@@H]1C[C@@H](C(=O)N[C@@H](CC(F)F)C(=O)NCCc2ccc(-c3ccccc3)cc2)N(C(=O)[C@@H](NC(=O)N[C@H](CN(C)S(C)(=O)=O)C(C)(C)C)C(C)(C)C)C1. The molecule has 0 radical (unpaired) electrons. The number of urea groups is 1. The molecular weight excluding hydrogens is 743 g/mol. The van der Waals surface area contributed by atoms with Crippen LogP contribution in [0.1, 0.15) is 73.8 Å². The smallest absolute Gasteiger partial charge is 0.315 e. The number of likely N-dealkylation sites (N-methyl/N-ethyl adjacent to an activating group) is 1. The fourth-order valence-electron chi connectivity index (χ4n) is 6.54. The number of likely N-dealkylation sites (tertiary alicyclic amines) is 1. The molecule has 1 aliphatic rings. The van der Waals surface area contributed by atoms with E-state index in [1.807, 2.05) is 89.2 Å². The summed E-state index contributed by atoms with van der Waals surface area (Å²) in [6.45, 7) is 15.1. The van der Waals surface area contributed by atoms with Crippen LogP contribution in [0.3, 0.4) is 0 Å². The van der Waals surface area contributed by atoms with Crippen LogP contribution in [0.25, 0.3) is 11.1 Å². The lowest BCUT2D eigenvalue weighted by Gasteiger charge is -2.37. The van der Waals surface area contributed by atoms with Gasteiger partial charge in [0.1, 0.15) is 18.1 Å². The van der Waals surface area contributed by atoms with Crippen LogP contribution in [0.15, 0.2) is 54.6 Å². The predicted octanol–water partition coefficient (Wildman–Crippen LogP) is 5.05. The third-order valence-corrected chi connectivity index (χ3v) is 11.7. The number of nitrogens with zero attached hydrogens (tertiary/aromatic N) is 2. The van der Waals surface area contributed by atoms with Crippen LogP contribution < -0.4 is 21.3 Å². The number of halogens is 2. The Kier molecular flexibility index (Phi) is 16.0. The summed E-state index contributed by atoms with van der Waals surface area (Å²) in [4.78, 5) is 56.5. The molecule has 1 fully saturated rings. The van der Waals surface area contributed by atoms with Gasteiger partial charge in [-0.3, -0.25) is 14.4 Å². The first-order chi connectivity index (χ1) is 25.9. The molecule has 5 amide bonds. The number of hydrogen-bond acceptors (Lipinski definition) is 6. The van der Waals surface area contributed by atoms with Crippen molar-refractivity contribution in [2.45, 2.75) is 105 Å². The average Bonchev–Trinajstić information content (AvgIpc) is 3.55. The second kappa shape index (κ2) is 19.4. The molecule has 15 heteroatoms. The maximum Gasteiger partial charge on any atom is 0.315 e. The van der Waals surface area contributed by atoms with Gasteiger partial charge in [-0.25, -0.2) is 26.3 Å². The standard InChI is InChI=1S/C41H62F2N6O6S/c1-26(2)30-22-32(49(24-30)38(52)35(41(6,7)8)47-39(53)46-33(40(3,4)5)25-48(9)56(10,54)55)37(51)45-31(23-34(42)43)36(50)44-21-20-27-16-18-29(19-17-27)28-14-12-11-13-15-28/h11-19,26,30-35H,20-25H2,1-10H3,(H,44,50)(H,45,51)(H2,46,47,53)/t30-,31+,32+,33-,35-/m1/s1. The Morgan fingerprint density at radius 2 is 1.46 bits per heavy atom. The molecule has 1 heterocycles. The minimum Gasteiger partial charge on any atom is -0.354 e. The first-order valence-corrected chi connectivity index (χ1v) is 21.0. The van der Waals surface area contributed by atoms with Gasteiger partial charge in [-0.15, -0.1) is 0 Å². The zero-order chi connectivity index (χ0) is 42.2. The van der Waals surface area contributed by atoms with Gasteiger partial charge >= 0.3 is 6.03 Å². The maximum absolute atomic E-state index is 14.4. The lowest BCUT2D eigenvalue weighted by Crippen LogP contribution is -2.62. The van der Waals surface area contributed by atoms with Gasteiger partial charge in [-0.2, -0.15) is 0 Å². The Morgan fingerprint density at radius 1 is 0.875 bits per heavy atom. The van der Waals surface area contributed by atoms with E-state index in [4.69, 9.17) is 0 Å². The number of carbonyl (C=O) groups is 4. The highest BCUT2D eigenvalue weighted by Crippen LogP contribution is 2.32. The molecule has 1 aliphatic heterocycles. The van der Waals surface area contributed by atoms with Gasteiger partial charge in [0.2, 0.25) is 34.2 Å². The highest BCUT2D eigenvalue weighted by Gasteiger charge is 2.46. The van der Waals surface area contributed by atoms with Crippen molar-refractivity contribution in [3.63, 3.8) is 0 Å². The number of sulfonamides is 1. The van der Waals surface area contributed by atoms with E-state index in [2.05, 4.69) is 21.3 Å². The van der Waals surface area contributed by atoms with Crippen LogP contribution in [0.2, 0.25) is 0 Å². The first kappa shape index (κ1) is 46.3. The van der Waals surface area contributed by atoms with Crippen molar-refractivity contribution < 1.29 is 36.4 Å². The van der Waals surface area contributed by atoms with Crippen LogP contribution in [0, 0.1) is 22.7 Å². The monoisotopic (exact) mass is 804 g/mol. The highest BCUT2D eigenvalue weighted by atomic mass is 32.2. The molecule has 0 aromatic heterocycles. The molecule has 12 nitrogen and oxygen atoms in total. The molecule has 3 rings (SSSR count). The van der Waals surface area contributed by atoms with Gasteiger partial charge in [0, 0.05) is 39.1 Å². The second-order valence-electron chi connectivity index (χ2n) is 17.4. The van der Waals surface area contributed by atoms with Crippen LogP contribution in [0.5, 0.6) is 0 Å². The average molecular weight is 805 g/mol. The van der Waals surface area contributed by atoms with Crippen molar-refractivity contribution in [3.8, 4) is 11.1 Å². The molecule has 312 valence electrons. The minimum atomic E-state index is -3.54. The van der Waals surface area contributed by atoms with E-state index < -0.39 is 81.6 Å². The molecule has 0 spiro atoms. The zero-order valence-corrected chi connectivity index (χ0v) is 35.3. The van der Waals surface area contributed by atoms with Gasteiger partial charge in [-0.05, 0) is 52.2 Å². The molecule has 2 aromatic rings. The van der Waals surface area contributed by atoms with Gasteiger partial charge in [-0.1, -0.05) is 110 Å². The quantitative estimate of drug-likeness (QED) is 0.186. The Morgan fingerprint density at radius 3 is 1.98 bits per heavy atom. The van der Waals surface area contributed by atoms with E-state index in [-0.39, 0.29) is 37.9 Å². The Labute approximate surface area is 332 Å². The number of amides is 5. The third-order valence-electron chi connectivity index (χ3n) is 10.4. The Balaban J connectivity index is 1.75. The summed E-state index contributed by atoms with van der Waals surface area (Å²) in [6.07, 6.45) is -2.04. The number of alkyl halides is 2. The van der Waals surface area contributed by atoms with E-state index in [9.17, 15) is 36.4 Å². The normalized spacial score (nSPS) is 18.1. The summed E-state index contributed by atoms with van der Waals surface area (Å²) in [5.41, 5.74) is 1.64. The first-order valence-electron chi connectivity index (χ1n) is 19.2. The van der Waals surface area contributed by atoms with Crippen molar-refractivity contribution >= 4 is 33.8 Å². The van der Waals surface area contributed by atoms with Gasteiger partial charge in [0.25, 0.3) is 0 Å². The number of hydrogen-bond donors (Lipinski definition) is 4. The molecule has 4 N–H and O–H groups in total. The van der Waals surface area contributed by atoms with Crippen molar-refractivity contribution in [1.29, 1.82) is 0 Å². The maximum atomic E-state index is 14.4. The minimum absolute atomic E-state index is 0.0104. The van der Waals surface area contributed by atoms with E-state index in [1.165, 1.54) is 11.9 Å². The second-order valence-corrected chi connectivity index (χ2v) is 19.5. The molecule has 2 aromatic carbocycles. The van der Waals surface area contributed by atoms with E-state index in [1.54, 1.807) is 20.8 Å². The third kappa shape index (κ3) is 13.5. The molecule has 0 aliphatic carbocycles. The number of rotatable bonds is 16. The topological polar surface area (TPSA) is 157 Å². The van der Waals surface area contributed by atoms with Gasteiger partial charge < -0.3 is 26.2 Å². The van der Waals surface area contributed by atoms with E-state index in [0.29, 0.717) is 6.42 Å². The van der Waals surface area contributed by atoms with Crippen LogP contribution in [-0.4, -0.2) is 105 Å². The molecular formula is C41H62F2N6O6S. The summed E-state index contributed by atoms with van der Waals surface area (Å²) >= 11 is 0. The van der Waals surface area contributed by atoms with Crippen molar-refractivity contribution in [2.24, 2.45) is 22.7 Å². The van der Waals surface area contributed by atoms with E-state index >= 15 is 0 Å². The fourth-order valence-corrected chi connectivity index (χ4v) is 6.96. The summed E-state index contributed by atoms with van der Waals surface area (Å²) < 4.78 is 53.0. The van der Waals surface area contributed by atoms with Crippen molar-refractivity contribution in [2.75, 3.05) is 32.9 Å². The molecule has 0 unspecified atom stereocenters. The Hall–Kier alpha value is -4.11. The molecule has 5 atom stereocenters. The lowest BCUT2D eigenvalue weighted by atomic mass is 9.85. The van der Waals surface area contributed by atoms with Gasteiger partial charge in [0.05, 0.1) is 6.26 Å². The number of nitrogens with one attached hydrogen (secondary N) is 4. The molecule has 56 heavy (non-hydrogen) atoms. The van der Waals surface area contributed by atoms with Crippen molar-refractivity contribution in [3.05, 3.63) is 60.2 Å². The largest absolute Gasteiger partial charge is 0.354 e. The van der Waals surface area contributed by atoms with E-state index in [0.717, 1.165) is 27.3 Å². The van der Waals surface area contributed by atoms with Crippen molar-refractivity contribution in [1.82, 2.24) is 30.5 Å². The fraction of sp³-hybridized carbons (Fsp3) is 0.610. The van der Waals surface area contributed by atoms with Crippen LogP contribution >= 0.6 is 0 Å². The van der Waals surface area contributed by atoms with Crippen LogP contribution in [0.4, 0.5) is 13.6 Å². The summed E-state index contributed by atoms with van der Waals surface area (Å²) in [6, 6.07) is 12.6. The summed E-state index contributed by atoms with van der Waals surface area (Å²) in [7, 11) is -2.13. The molecule has 1 saturated heterocycles. The highest BCUT2D eigenvalue weighted by molar-refractivity contribution is 7.88. The summed E-state index contributed by atoms with van der Waals surface area (Å²) in [5, 5.41) is 10.8. The number of benzene rings is 2. The van der Waals surface area contributed by atoms with Gasteiger partial charge in [0.15, 0.2) is 0 Å². The summed E-state index contributed by atoms with van der Waals surface area (Å²) in [5.74, 6) is -2.07. The zero-order valence-electron chi connectivity index (χ0n) is 34.5. The predicted molar refractivity (Wildman–Crippen MR) is 215 cm³/mol. The van der Waals surface area contributed by atoms with Crippen LogP contribution in [-0.2, 0) is 30.8 Å². The molecule has 0 bridgehead atoms. The Bertz CT molecular complexity index is 1750. The molecule has 0 saturated carbocycles.